The minimum absolute atomic E-state index is 0. The van der Waals surface area contributed by atoms with E-state index in [0.29, 0.717) is 11.5 Å². The Bertz CT molecular complexity index is 302. The maximum atomic E-state index is 10.8. The molecule has 1 aromatic rings. The predicted octanol–water partition coefficient (Wildman–Crippen LogP) is 0.753. The van der Waals surface area contributed by atoms with Gasteiger partial charge in [-0.1, -0.05) is 6.07 Å². The molecule has 0 spiro atoms. The van der Waals surface area contributed by atoms with Crippen molar-refractivity contribution in [3.8, 4) is 11.5 Å². The van der Waals surface area contributed by atoms with Gasteiger partial charge in [-0.3, -0.25) is 0 Å². The number of carboxylic acid groups (broad SMARTS) is 1. The van der Waals surface area contributed by atoms with Crippen LogP contribution in [0.15, 0.2) is 18.2 Å². The fourth-order valence-electron chi connectivity index (χ4n) is 1.06. The normalized spacial score (nSPS) is 8.71. The van der Waals surface area contributed by atoms with E-state index in [0.717, 1.165) is 0 Å². The van der Waals surface area contributed by atoms with E-state index in [1.54, 1.807) is 18.2 Å². The van der Waals surface area contributed by atoms with E-state index in [-0.39, 0.29) is 35.1 Å². The third-order valence-electron chi connectivity index (χ3n) is 1.64. The molecule has 0 aliphatic heterocycles. The van der Waals surface area contributed by atoms with Gasteiger partial charge in [-0.2, -0.15) is 0 Å². The second-order valence-electron chi connectivity index (χ2n) is 2.34. The second-order valence-corrected chi connectivity index (χ2v) is 2.34. The number of benzene rings is 1. The van der Waals surface area contributed by atoms with Gasteiger partial charge in [-0.15, -0.1) is 0 Å². The Morgan fingerprint density at radius 3 is 1.93 bits per heavy atom. The average Bonchev–Trinajstić information content (AvgIpc) is 2.16. The zero-order valence-corrected chi connectivity index (χ0v) is 7.40. The van der Waals surface area contributed by atoms with Crippen LogP contribution in [0, 0.1) is 0 Å². The van der Waals surface area contributed by atoms with E-state index < -0.39 is 5.97 Å². The van der Waals surface area contributed by atoms with Gasteiger partial charge in [0.2, 0.25) is 0 Å². The Balaban J connectivity index is 0.00000169. The van der Waals surface area contributed by atoms with E-state index in [4.69, 9.17) is 14.6 Å². The number of carboxylic acids is 1. The average molecular weight is 206 g/mol. The van der Waals surface area contributed by atoms with Crippen molar-refractivity contribution in [2.45, 2.75) is 0 Å². The van der Waals surface area contributed by atoms with Crippen LogP contribution in [0.1, 0.15) is 10.4 Å². The summed E-state index contributed by atoms with van der Waals surface area (Å²) in [6.45, 7) is 0. The van der Waals surface area contributed by atoms with Gasteiger partial charge in [0.1, 0.15) is 17.1 Å². The summed E-state index contributed by atoms with van der Waals surface area (Å²) >= 11 is 0. The number of methoxy groups -OCH3 is 2. The fraction of sp³-hybridized carbons (Fsp3) is 0.222. The monoisotopic (exact) mass is 206 g/mol. The predicted molar refractivity (Wildman–Crippen MR) is 53.7 cm³/mol. The minimum atomic E-state index is -1.06. The molecule has 0 radical (unpaired) electrons. The Kier molecular flexibility index (Phi) is 5.60. The van der Waals surface area contributed by atoms with Crippen molar-refractivity contribution >= 4 is 35.5 Å². The van der Waals surface area contributed by atoms with Gasteiger partial charge in [0.15, 0.2) is 0 Å². The molecule has 4 nitrogen and oxygen atoms in total. The summed E-state index contributed by atoms with van der Waals surface area (Å²) in [6, 6.07) is 4.82. The van der Waals surface area contributed by atoms with Crippen LogP contribution in [0.2, 0.25) is 0 Å². The van der Waals surface area contributed by atoms with E-state index in [1.807, 2.05) is 0 Å². The standard InChI is InChI=1S/C9H10O4.Na.H/c1-12-6-4-3-5-7(13-2)8(6)9(10)11;;/h3-5H,1-2H3,(H,10,11);;. The molecule has 0 aliphatic rings. The Hall–Kier alpha value is -0.710. The van der Waals surface area contributed by atoms with Crippen LogP contribution in [-0.4, -0.2) is 54.9 Å². The Labute approximate surface area is 104 Å². The van der Waals surface area contributed by atoms with Crippen LogP contribution < -0.4 is 9.47 Å². The number of rotatable bonds is 3. The first kappa shape index (κ1) is 13.3. The molecule has 0 aliphatic carbocycles. The van der Waals surface area contributed by atoms with Crippen molar-refractivity contribution in [1.29, 1.82) is 0 Å². The summed E-state index contributed by atoms with van der Waals surface area (Å²) < 4.78 is 9.78. The number of hydrogen-bond acceptors (Lipinski definition) is 3. The maximum absolute atomic E-state index is 10.8. The van der Waals surface area contributed by atoms with Gasteiger partial charge >= 0.3 is 35.5 Å². The summed E-state index contributed by atoms with van der Waals surface area (Å²) in [4.78, 5) is 10.8. The summed E-state index contributed by atoms with van der Waals surface area (Å²) in [5.41, 5.74) is 0.0486. The van der Waals surface area contributed by atoms with Crippen LogP contribution in [-0.2, 0) is 0 Å². The van der Waals surface area contributed by atoms with E-state index in [9.17, 15) is 4.79 Å². The van der Waals surface area contributed by atoms with Gasteiger partial charge in [-0.05, 0) is 12.1 Å². The zero-order valence-electron chi connectivity index (χ0n) is 7.40. The summed E-state index contributed by atoms with van der Waals surface area (Å²) in [5.74, 6) is -0.465. The van der Waals surface area contributed by atoms with E-state index >= 15 is 0 Å². The molecule has 0 bridgehead atoms. The summed E-state index contributed by atoms with van der Waals surface area (Å²) in [7, 11) is 2.84. The molecule has 0 heterocycles. The summed E-state index contributed by atoms with van der Waals surface area (Å²) in [6.07, 6.45) is 0. The molecular formula is C9H11NaO4. The molecule has 0 saturated heterocycles. The van der Waals surface area contributed by atoms with Gasteiger partial charge in [0.25, 0.3) is 0 Å². The molecule has 0 atom stereocenters. The van der Waals surface area contributed by atoms with Crippen molar-refractivity contribution in [1.82, 2.24) is 0 Å². The van der Waals surface area contributed by atoms with Crippen molar-refractivity contribution < 1.29 is 19.4 Å². The van der Waals surface area contributed by atoms with Crippen molar-refractivity contribution in [2.24, 2.45) is 0 Å². The first-order valence-corrected chi connectivity index (χ1v) is 3.65. The number of carbonyl (C=O) groups is 1. The van der Waals surface area contributed by atoms with Crippen LogP contribution in [0.25, 0.3) is 0 Å². The Morgan fingerprint density at radius 2 is 1.64 bits per heavy atom. The topological polar surface area (TPSA) is 55.8 Å². The SMILES string of the molecule is COc1cccc(OC)c1C(=O)O.[NaH]. The molecule has 72 valence electrons. The molecule has 0 aromatic heterocycles. The quantitative estimate of drug-likeness (QED) is 0.741. The molecule has 1 N–H and O–H groups in total. The molecule has 0 amide bonds. The van der Waals surface area contributed by atoms with Crippen LogP contribution in [0.3, 0.4) is 0 Å². The molecule has 14 heavy (non-hydrogen) atoms. The van der Waals surface area contributed by atoms with Gasteiger partial charge in [0, 0.05) is 0 Å². The number of aromatic carboxylic acids is 1. The second kappa shape index (κ2) is 5.90. The molecule has 1 rings (SSSR count). The summed E-state index contributed by atoms with van der Waals surface area (Å²) in [5, 5.41) is 8.85. The zero-order chi connectivity index (χ0) is 9.84. The first-order valence-electron chi connectivity index (χ1n) is 3.65. The number of hydrogen-bond donors (Lipinski definition) is 1. The molecule has 0 saturated carbocycles. The Morgan fingerprint density at radius 1 is 1.21 bits per heavy atom. The fourth-order valence-corrected chi connectivity index (χ4v) is 1.06. The van der Waals surface area contributed by atoms with E-state index in [2.05, 4.69) is 0 Å². The van der Waals surface area contributed by atoms with Crippen LogP contribution in [0.4, 0.5) is 0 Å². The molecule has 1 aromatic carbocycles. The third kappa shape index (κ3) is 2.64. The third-order valence-corrected chi connectivity index (χ3v) is 1.64. The molecular weight excluding hydrogens is 195 g/mol. The van der Waals surface area contributed by atoms with Gasteiger partial charge in [0.05, 0.1) is 14.2 Å². The number of ether oxygens (including phenoxy) is 2. The van der Waals surface area contributed by atoms with Crippen molar-refractivity contribution in [3.63, 3.8) is 0 Å². The van der Waals surface area contributed by atoms with Crippen LogP contribution >= 0.6 is 0 Å². The first-order chi connectivity index (χ1) is 6.20. The van der Waals surface area contributed by atoms with Crippen LogP contribution in [0.5, 0.6) is 11.5 Å². The molecule has 5 heteroatoms. The van der Waals surface area contributed by atoms with Crippen molar-refractivity contribution in [2.75, 3.05) is 14.2 Å². The van der Waals surface area contributed by atoms with E-state index in [1.165, 1.54) is 14.2 Å². The molecule has 0 unspecified atom stereocenters. The van der Waals surface area contributed by atoms with Gasteiger partial charge in [-0.25, -0.2) is 4.79 Å². The van der Waals surface area contributed by atoms with Crippen molar-refractivity contribution in [3.05, 3.63) is 23.8 Å². The van der Waals surface area contributed by atoms with Gasteiger partial charge < -0.3 is 14.6 Å². The molecule has 0 fully saturated rings.